The molecule has 0 radical (unpaired) electrons. The third kappa shape index (κ3) is 3.21. The van der Waals surface area contributed by atoms with Crippen molar-refractivity contribution in [2.24, 2.45) is 0 Å². The lowest BCUT2D eigenvalue weighted by Crippen LogP contribution is -2.24. The Labute approximate surface area is 133 Å². The Morgan fingerprint density at radius 2 is 1.96 bits per heavy atom. The molecular formula is C17H18N4O2. The van der Waals surface area contributed by atoms with Crippen LogP contribution in [0.15, 0.2) is 39.9 Å². The normalized spacial score (nSPS) is 10.9. The van der Waals surface area contributed by atoms with Crippen molar-refractivity contribution in [3.63, 3.8) is 0 Å². The van der Waals surface area contributed by atoms with Gasteiger partial charge in [-0.25, -0.2) is 4.98 Å². The van der Waals surface area contributed by atoms with Crippen molar-refractivity contribution in [2.75, 3.05) is 0 Å². The Bertz CT molecular complexity index is 896. The molecule has 0 atom stereocenters. The quantitative estimate of drug-likeness (QED) is 0.738. The molecule has 0 bridgehead atoms. The molecule has 23 heavy (non-hydrogen) atoms. The summed E-state index contributed by atoms with van der Waals surface area (Å²) in [5.41, 5.74) is 3.62. The number of benzene rings is 1. The molecule has 0 aliphatic rings. The predicted octanol–water partition coefficient (Wildman–Crippen LogP) is 2.19. The number of aromatic nitrogens is 4. The first-order valence-corrected chi connectivity index (χ1v) is 7.43. The Morgan fingerprint density at radius 3 is 2.74 bits per heavy atom. The highest BCUT2D eigenvalue weighted by Gasteiger charge is 2.11. The Kier molecular flexibility index (Phi) is 4.06. The van der Waals surface area contributed by atoms with Gasteiger partial charge in [-0.2, -0.15) is 4.98 Å². The van der Waals surface area contributed by atoms with Crippen molar-refractivity contribution in [1.29, 1.82) is 0 Å². The zero-order chi connectivity index (χ0) is 16.4. The van der Waals surface area contributed by atoms with E-state index in [1.807, 2.05) is 25.1 Å². The van der Waals surface area contributed by atoms with Crippen LogP contribution >= 0.6 is 0 Å². The van der Waals surface area contributed by atoms with Crippen LogP contribution in [-0.2, 0) is 13.0 Å². The lowest BCUT2D eigenvalue weighted by Gasteiger charge is -2.04. The minimum Gasteiger partial charge on any atom is -0.337 e. The molecule has 0 aliphatic heterocycles. The third-order valence-electron chi connectivity index (χ3n) is 3.94. The fourth-order valence-electron chi connectivity index (χ4n) is 2.34. The van der Waals surface area contributed by atoms with Gasteiger partial charge in [-0.05, 0) is 31.9 Å². The van der Waals surface area contributed by atoms with Crippen LogP contribution in [0.5, 0.6) is 0 Å². The van der Waals surface area contributed by atoms with Gasteiger partial charge in [-0.3, -0.25) is 9.36 Å². The van der Waals surface area contributed by atoms with Gasteiger partial charge in [-0.1, -0.05) is 29.4 Å². The minimum absolute atomic E-state index is 0.0869. The van der Waals surface area contributed by atoms with Crippen molar-refractivity contribution in [3.8, 4) is 0 Å². The third-order valence-corrected chi connectivity index (χ3v) is 3.94. The number of rotatable bonds is 4. The first-order valence-electron chi connectivity index (χ1n) is 7.43. The molecule has 0 fully saturated rings. The maximum atomic E-state index is 12.2. The molecule has 2 heterocycles. The smallest absolute Gasteiger partial charge is 0.256 e. The summed E-state index contributed by atoms with van der Waals surface area (Å²) in [6, 6.07) is 8.09. The molecule has 0 amide bonds. The predicted molar refractivity (Wildman–Crippen MR) is 85.4 cm³/mol. The van der Waals surface area contributed by atoms with E-state index in [9.17, 15) is 4.79 Å². The first kappa shape index (κ1) is 15.1. The van der Waals surface area contributed by atoms with Gasteiger partial charge in [0.2, 0.25) is 5.89 Å². The molecule has 0 saturated carbocycles. The Morgan fingerprint density at radius 1 is 1.17 bits per heavy atom. The summed E-state index contributed by atoms with van der Waals surface area (Å²) in [5, 5.41) is 4.00. The van der Waals surface area contributed by atoms with E-state index in [-0.39, 0.29) is 12.1 Å². The molecule has 1 aromatic carbocycles. The Hall–Kier alpha value is -2.76. The van der Waals surface area contributed by atoms with Gasteiger partial charge in [-0.15, -0.1) is 0 Å². The molecule has 118 valence electrons. The lowest BCUT2D eigenvalue weighted by molar-refractivity contribution is 0.364. The highest BCUT2D eigenvalue weighted by Crippen LogP contribution is 2.12. The van der Waals surface area contributed by atoms with Crippen molar-refractivity contribution in [3.05, 3.63) is 75.0 Å². The number of aryl methyl sites for hydroxylation is 2. The molecule has 6 nitrogen and oxygen atoms in total. The van der Waals surface area contributed by atoms with Crippen LogP contribution in [0.3, 0.4) is 0 Å². The number of nitrogens with zero attached hydrogens (tertiary/aromatic N) is 4. The largest absolute Gasteiger partial charge is 0.337 e. The first-order chi connectivity index (χ1) is 11.0. The van der Waals surface area contributed by atoms with E-state index in [1.165, 1.54) is 16.5 Å². The van der Waals surface area contributed by atoms with Crippen molar-refractivity contribution in [1.82, 2.24) is 19.7 Å². The fourth-order valence-corrected chi connectivity index (χ4v) is 2.34. The summed E-state index contributed by atoms with van der Waals surface area (Å²) in [6.45, 7) is 5.86. The molecule has 0 saturated heterocycles. The lowest BCUT2D eigenvalue weighted by atomic mass is 10.1. The van der Waals surface area contributed by atoms with Gasteiger partial charge in [0.1, 0.15) is 6.54 Å². The van der Waals surface area contributed by atoms with Crippen LogP contribution in [-0.4, -0.2) is 19.7 Å². The van der Waals surface area contributed by atoms with E-state index in [0.29, 0.717) is 23.7 Å². The number of hydrogen-bond donors (Lipinski definition) is 0. The molecule has 0 unspecified atom stereocenters. The molecule has 0 N–H and O–H groups in total. The fraction of sp³-hybridized carbons (Fsp3) is 0.294. The molecular weight excluding hydrogens is 292 g/mol. The highest BCUT2D eigenvalue weighted by atomic mass is 16.5. The van der Waals surface area contributed by atoms with Crippen LogP contribution in [0, 0.1) is 20.8 Å². The van der Waals surface area contributed by atoms with Crippen LogP contribution in [0.4, 0.5) is 0 Å². The standard InChI is InChI=1S/C17H18N4O2/c1-11-6-4-5-7-14(11)8-15-19-16(23-20-15)9-21-10-18-13(3)12(2)17(21)22/h4-7,10H,8-9H2,1-3H3. The van der Waals surface area contributed by atoms with Gasteiger partial charge in [0, 0.05) is 17.7 Å². The maximum absolute atomic E-state index is 12.2. The number of hydrogen-bond acceptors (Lipinski definition) is 5. The van der Waals surface area contributed by atoms with Crippen LogP contribution in [0.25, 0.3) is 0 Å². The van der Waals surface area contributed by atoms with E-state index in [1.54, 1.807) is 6.92 Å². The molecule has 2 aromatic heterocycles. The van der Waals surface area contributed by atoms with Crippen LogP contribution in [0.2, 0.25) is 0 Å². The highest BCUT2D eigenvalue weighted by molar-refractivity contribution is 5.28. The second kappa shape index (κ2) is 6.16. The topological polar surface area (TPSA) is 73.8 Å². The van der Waals surface area contributed by atoms with E-state index >= 15 is 0 Å². The molecule has 0 spiro atoms. The molecule has 0 aliphatic carbocycles. The summed E-state index contributed by atoms with van der Waals surface area (Å²) in [4.78, 5) is 20.7. The van der Waals surface area contributed by atoms with Crippen LogP contribution in [0.1, 0.15) is 34.1 Å². The molecule has 3 aromatic rings. The molecule has 3 rings (SSSR count). The van der Waals surface area contributed by atoms with E-state index < -0.39 is 0 Å². The van der Waals surface area contributed by atoms with Crippen molar-refractivity contribution < 1.29 is 4.52 Å². The van der Waals surface area contributed by atoms with Crippen LogP contribution < -0.4 is 5.56 Å². The molecule has 6 heteroatoms. The summed E-state index contributed by atoms with van der Waals surface area (Å²) in [6.07, 6.45) is 2.12. The average molecular weight is 310 g/mol. The summed E-state index contributed by atoms with van der Waals surface area (Å²) in [7, 11) is 0. The van der Waals surface area contributed by atoms with E-state index in [0.717, 1.165) is 11.3 Å². The van der Waals surface area contributed by atoms with Gasteiger partial charge in [0.15, 0.2) is 5.82 Å². The van der Waals surface area contributed by atoms with Crippen molar-refractivity contribution >= 4 is 0 Å². The summed E-state index contributed by atoms with van der Waals surface area (Å²) >= 11 is 0. The summed E-state index contributed by atoms with van der Waals surface area (Å²) in [5.74, 6) is 1.01. The zero-order valence-electron chi connectivity index (χ0n) is 13.4. The minimum atomic E-state index is -0.0869. The van der Waals surface area contributed by atoms with Gasteiger partial charge >= 0.3 is 0 Å². The maximum Gasteiger partial charge on any atom is 0.256 e. The Balaban J connectivity index is 1.79. The second-order valence-corrected chi connectivity index (χ2v) is 5.60. The van der Waals surface area contributed by atoms with E-state index in [2.05, 4.69) is 28.1 Å². The van der Waals surface area contributed by atoms with E-state index in [4.69, 9.17) is 4.52 Å². The van der Waals surface area contributed by atoms with Crippen molar-refractivity contribution in [2.45, 2.75) is 33.7 Å². The van der Waals surface area contributed by atoms with Gasteiger partial charge < -0.3 is 4.52 Å². The second-order valence-electron chi connectivity index (χ2n) is 5.60. The van der Waals surface area contributed by atoms with Gasteiger partial charge in [0.05, 0.1) is 6.33 Å². The monoisotopic (exact) mass is 310 g/mol. The zero-order valence-corrected chi connectivity index (χ0v) is 13.4. The SMILES string of the molecule is Cc1ccccc1Cc1noc(Cn2cnc(C)c(C)c2=O)n1. The van der Waals surface area contributed by atoms with Gasteiger partial charge in [0.25, 0.3) is 5.56 Å². The average Bonchev–Trinajstić information content (AvgIpc) is 2.97. The summed E-state index contributed by atoms with van der Waals surface area (Å²) < 4.78 is 6.74.